The smallest absolute Gasteiger partial charge is 0.221 e. The second-order valence-corrected chi connectivity index (χ2v) is 6.09. The summed E-state index contributed by atoms with van der Waals surface area (Å²) in [6.07, 6.45) is 0. The standard InChI is InChI=1S/C10H8FP.2C5H5.2Fe/c11-12(9-5-1-2-6-9)10-7-3-4-8-10;2*1-2-4-5-3-1;;/h1-8H;2*1-5H;;/q-2;2*-1;2*+2. The molecule has 0 saturated heterocycles. The van der Waals surface area contributed by atoms with E-state index in [0.717, 1.165) is 10.6 Å². The van der Waals surface area contributed by atoms with Crippen molar-refractivity contribution in [2.45, 2.75) is 0 Å². The molecule has 0 atom stereocenters. The van der Waals surface area contributed by atoms with Gasteiger partial charge in [-0.1, -0.05) is 0 Å². The van der Waals surface area contributed by atoms with Crippen LogP contribution in [0.3, 0.4) is 0 Å². The molecule has 0 fully saturated rings. The Bertz CT molecular complexity index is 559. The second-order valence-electron chi connectivity index (χ2n) is 4.49. The molecular weight excluding hydrogens is 402 g/mol. The van der Waals surface area contributed by atoms with Crippen molar-refractivity contribution in [3.05, 3.63) is 109 Å². The summed E-state index contributed by atoms with van der Waals surface area (Å²) in [5, 5.41) is 1.60. The fraction of sp³-hybridized carbons (Fsp3) is 0. The quantitative estimate of drug-likeness (QED) is 0.236. The average molecular weight is 420 g/mol. The van der Waals surface area contributed by atoms with E-state index in [1.54, 1.807) is 0 Å². The van der Waals surface area contributed by atoms with Crippen LogP contribution in [0.15, 0.2) is 109 Å². The first-order valence-electron chi connectivity index (χ1n) is 7.10. The van der Waals surface area contributed by atoms with Crippen LogP contribution in [-0.2, 0) is 34.1 Å². The number of hydrogen-bond acceptors (Lipinski definition) is 0. The molecule has 4 aromatic rings. The first-order chi connectivity index (χ1) is 10.9. The van der Waals surface area contributed by atoms with Gasteiger partial charge in [-0.15, -0.1) is 10.6 Å². The van der Waals surface area contributed by atoms with Crippen LogP contribution in [0.2, 0.25) is 0 Å². The normalized spacial score (nSPS) is 8.75. The van der Waals surface area contributed by atoms with Crippen molar-refractivity contribution in [2.75, 3.05) is 0 Å². The molecule has 0 aromatic heterocycles. The van der Waals surface area contributed by atoms with Gasteiger partial charge in [0.05, 0.1) is 8.23 Å². The minimum Gasteiger partial charge on any atom is -0.221 e. The molecule has 4 aromatic carbocycles. The predicted molar refractivity (Wildman–Crippen MR) is 95.4 cm³/mol. The van der Waals surface area contributed by atoms with Crippen LogP contribution in [0.25, 0.3) is 0 Å². The molecule has 4 heteroatoms. The zero-order valence-corrected chi connectivity index (χ0v) is 16.0. The van der Waals surface area contributed by atoms with Crippen molar-refractivity contribution in [1.82, 2.24) is 0 Å². The zero-order chi connectivity index (χ0) is 15.5. The summed E-state index contributed by atoms with van der Waals surface area (Å²) in [5.41, 5.74) is 0. The summed E-state index contributed by atoms with van der Waals surface area (Å²) < 4.78 is 13.6. The number of halogens is 1. The van der Waals surface area contributed by atoms with Crippen LogP contribution in [0.4, 0.5) is 4.20 Å². The molecule has 0 N–H and O–H groups in total. The summed E-state index contributed by atoms with van der Waals surface area (Å²) in [6, 6.07) is 34.8. The van der Waals surface area contributed by atoms with Crippen molar-refractivity contribution in [3.63, 3.8) is 0 Å². The minimum atomic E-state index is -1.60. The van der Waals surface area contributed by atoms with Crippen molar-refractivity contribution < 1.29 is 38.3 Å². The van der Waals surface area contributed by atoms with Crippen LogP contribution in [0.1, 0.15) is 0 Å². The number of hydrogen-bond donors (Lipinski definition) is 0. The largest absolute Gasteiger partial charge is 2.00 e. The van der Waals surface area contributed by atoms with Crippen LogP contribution in [0, 0.1) is 0 Å². The second kappa shape index (κ2) is 14.2. The molecule has 4 rings (SSSR count). The van der Waals surface area contributed by atoms with Crippen LogP contribution in [-0.4, -0.2) is 0 Å². The SMILES string of the molecule is FP(c1ccc[cH-]1)c1ccc[cH-]1.[Fe+2].[Fe+2].c1cc[cH-]c1.c1cc[cH-]c1. The van der Waals surface area contributed by atoms with Gasteiger partial charge in [0.2, 0.25) is 0 Å². The Morgan fingerprint density at radius 3 is 1.17 bits per heavy atom. The molecule has 0 aliphatic carbocycles. The Kier molecular flexibility index (Phi) is 13.5. The molecule has 24 heavy (non-hydrogen) atoms. The fourth-order valence-electron chi connectivity index (χ4n) is 1.78. The maximum Gasteiger partial charge on any atom is 2.00 e. The van der Waals surface area contributed by atoms with Crippen LogP contribution < -0.4 is 10.6 Å². The first-order valence-corrected chi connectivity index (χ1v) is 8.34. The van der Waals surface area contributed by atoms with Gasteiger partial charge in [0.1, 0.15) is 0 Å². The average Bonchev–Trinajstić information content (AvgIpc) is 3.42. The molecule has 0 bridgehead atoms. The first kappa shape index (κ1) is 22.8. The molecule has 0 unspecified atom stereocenters. The van der Waals surface area contributed by atoms with E-state index in [4.69, 9.17) is 0 Å². The summed E-state index contributed by atoms with van der Waals surface area (Å²) in [4.78, 5) is 0. The van der Waals surface area contributed by atoms with Gasteiger partial charge >= 0.3 is 34.1 Å². The van der Waals surface area contributed by atoms with Crippen molar-refractivity contribution in [3.8, 4) is 0 Å². The van der Waals surface area contributed by atoms with E-state index in [1.165, 1.54) is 0 Å². The third kappa shape index (κ3) is 8.60. The van der Waals surface area contributed by atoms with E-state index in [9.17, 15) is 4.20 Å². The molecule has 0 aliphatic rings. The van der Waals surface area contributed by atoms with Gasteiger partial charge in [0.25, 0.3) is 0 Å². The molecular formula is C20H18FFe2P. The summed E-state index contributed by atoms with van der Waals surface area (Å²) >= 11 is 0. The van der Waals surface area contributed by atoms with E-state index in [2.05, 4.69) is 0 Å². The molecule has 0 amide bonds. The third-order valence-electron chi connectivity index (χ3n) is 2.85. The molecule has 0 nitrogen and oxygen atoms in total. The fourth-order valence-corrected chi connectivity index (χ4v) is 2.95. The Morgan fingerprint density at radius 2 is 0.958 bits per heavy atom. The molecule has 126 valence electrons. The van der Waals surface area contributed by atoms with Gasteiger partial charge in [0, 0.05) is 0 Å². The van der Waals surface area contributed by atoms with Gasteiger partial charge in [-0.05, 0) is 0 Å². The van der Waals surface area contributed by atoms with Crippen molar-refractivity contribution in [2.24, 2.45) is 0 Å². The van der Waals surface area contributed by atoms with E-state index >= 15 is 0 Å². The van der Waals surface area contributed by atoms with Gasteiger partial charge in [0.15, 0.2) is 0 Å². The summed E-state index contributed by atoms with van der Waals surface area (Å²) in [5.74, 6) is 0. The summed E-state index contributed by atoms with van der Waals surface area (Å²) in [7, 11) is -1.60. The molecule has 0 radical (unpaired) electrons. The minimum absolute atomic E-state index is 0. The van der Waals surface area contributed by atoms with Gasteiger partial charge in [-0.3, -0.25) is 0 Å². The van der Waals surface area contributed by atoms with E-state index < -0.39 is 8.23 Å². The van der Waals surface area contributed by atoms with Crippen molar-refractivity contribution >= 4 is 18.8 Å². The van der Waals surface area contributed by atoms with Crippen LogP contribution in [0.5, 0.6) is 0 Å². The Morgan fingerprint density at radius 1 is 0.583 bits per heavy atom. The van der Waals surface area contributed by atoms with E-state index in [0.29, 0.717) is 0 Å². The van der Waals surface area contributed by atoms with Gasteiger partial charge in [-0.25, -0.2) is 52.7 Å². The third-order valence-corrected chi connectivity index (χ3v) is 4.36. The molecule has 0 heterocycles. The Balaban J connectivity index is 0.000000370. The Hall–Kier alpha value is -1.20. The molecule has 0 saturated carbocycles. The van der Waals surface area contributed by atoms with E-state index in [1.807, 2.05) is 109 Å². The van der Waals surface area contributed by atoms with Gasteiger partial charge < -0.3 is 0 Å². The topological polar surface area (TPSA) is 0 Å². The summed E-state index contributed by atoms with van der Waals surface area (Å²) in [6.45, 7) is 0. The zero-order valence-electron chi connectivity index (χ0n) is 12.9. The predicted octanol–water partition coefficient (Wildman–Crippen LogP) is 5.25. The monoisotopic (exact) mass is 420 g/mol. The Labute approximate surface area is 166 Å². The van der Waals surface area contributed by atoms with Crippen molar-refractivity contribution in [1.29, 1.82) is 0 Å². The van der Waals surface area contributed by atoms with Crippen LogP contribution >= 0.6 is 8.23 Å². The maximum absolute atomic E-state index is 13.6. The number of rotatable bonds is 2. The molecule has 0 spiro atoms. The maximum atomic E-state index is 13.6. The molecule has 0 aliphatic heterocycles. The van der Waals surface area contributed by atoms with Gasteiger partial charge in [-0.2, -0.15) is 60.7 Å². The van der Waals surface area contributed by atoms with E-state index in [-0.39, 0.29) is 34.1 Å².